The van der Waals surface area contributed by atoms with Crippen LogP contribution < -0.4 is 14.3 Å². The summed E-state index contributed by atoms with van der Waals surface area (Å²) in [5, 5.41) is 5.08. The molecule has 3 aromatic heterocycles. The van der Waals surface area contributed by atoms with Gasteiger partial charge in [-0.1, -0.05) is 163 Å². The van der Waals surface area contributed by atoms with E-state index in [0.717, 1.165) is 128 Å². The van der Waals surface area contributed by atoms with Gasteiger partial charge in [-0.15, -0.1) is 9.13 Å². The highest BCUT2D eigenvalue weighted by Gasteiger charge is 2.67. The van der Waals surface area contributed by atoms with Gasteiger partial charge in [0.15, 0.2) is 22.8 Å². The quantitative estimate of drug-likeness (QED) is 0.120. The van der Waals surface area contributed by atoms with Crippen molar-refractivity contribution in [2.45, 2.75) is 78.2 Å². The maximum Gasteiger partial charge on any atom is 0.364 e. The summed E-state index contributed by atoms with van der Waals surface area (Å²) in [4.78, 5) is 0. The van der Waals surface area contributed by atoms with Gasteiger partial charge in [-0.25, -0.2) is 4.39 Å². The Hall–Kier alpha value is -8.19. The molecule has 76 heavy (non-hydrogen) atoms. The van der Waals surface area contributed by atoms with E-state index in [9.17, 15) is 1.37 Å². The molecule has 0 radical (unpaired) electrons. The number of benzene rings is 9. The van der Waals surface area contributed by atoms with Gasteiger partial charge in [0.1, 0.15) is 22.7 Å². The predicted molar refractivity (Wildman–Crippen MR) is 314 cm³/mol. The number of fused-ring (bicyclic) bond motifs is 18. The molecule has 2 aliphatic heterocycles. The molecule has 0 amide bonds. The first-order chi connectivity index (χ1) is 36.9. The fourth-order valence-corrected chi connectivity index (χ4v) is 14.5. The highest BCUT2D eigenvalue weighted by atomic mass is 28.3. The molecule has 1 atom stereocenters. The van der Waals surface area contributed by atoms with Gasteiger partial charge in [-0.2, -0.15) is 4.57 Å². The van der Waals surface area contributed by atoms with Gasteiger partial charge in [0.05, 0.1) is 24.8 Å². The van der Waals surface area contributed by atoms with E-state index in [2.05, 4.69) is 237 Å². The zero-order valence-electron chi connectivity index (χ0n) is 45.6. The van der Waals surface area contributed by atoms with Crippen LogP contribution in [0.5, 0.6) is 0 Å². The van der Waals surface area contributed by atoms with Crippen LogP contribution in [0.2, 0.25) is 19.6 Å². The number of halogens is 1. The lowest BCUT2D eigenvalue weighted by Gasteiger charge is -2.25. The number of aromatic nitrogens is 3. The molecule has 0 aliphatic carbocycles. The van der Waals surface area contributed by atoms with Crippen molar-refractivity contribution >= 4 is 57.0 Å². The van der Waals surface area contributed by atoms with Crippen molar-refractivity contribution < 1.29 is 19.3 Å². The van der Waals surface area contributed by atoms with E-state index in [0.29, 0.717) is 0 Å². The predicted octanol–water partition coefficient (Wildman–Crippen LogP) is 16.9. The molecule has 0 saturated carbocycles. The van der Waals surface area contributed by atoms with Crippen LogP contribution in [-0.4, -0.2) is 12.6 Å². The number of nitrogens with zero attached hydrogens (tertiary/aromatic N) is 3. The van der Waals surface area contributed by atoms with Gasteiger partial charge < -0.3 is 4.42 Å². The first kappa shape index (κ1) is 45.2. The summed E-state index contributed by atoms with van der Waals surface area (Å²) in [6.45, 7) is 20.3. The highest BCUT2D eigenvalue weighted by Crippen LogP contribution is 2.55. The van der Waals surface area contributed by atoms with E-state index < -0.39 is 19.6 Å². The first-order valence-electron chi connectivity index (χ1n) is 27.2. The Morgan fingerprint density at radius 1 is 0.632 bits per heavy atom. The molecule has 0 bridgehead atoms. The summed E-state index contributed by atoms with van der Waals surface area (Å²) in [6, 6.07) is 67.3. The minimum atomic E-state index is -2.20. The third-order valence-electron chi connectivity index (χ3n) is 16.5. The summed E-state index contributed by atoms with van der Waals surface area (Å²) in [5.74, 6) is -0.209. The summed E-state index contributed by atoms with van der Waals surface area (Å²) < 4.78 is 40.8. The Bertz CT molecular complexity index is 4400. The van der Waals surface area contributed by atoms with Gasteiger partial charge in [0, 0.05) is 39.9 Å². The molecule has 0 N–H and O–H groups in total. The normalized spacial score (nSPS) is 15.2. The van der Waals surface area contributed by atoms with Crippen molar-refractivity contribution in [3.8, 4) is 61.7 Å². The van der Waals surface area contributed by atoms with E-state index in [4.69, 9.17) is 4.42 Å². The minimum Gasteiger partial charge on any atom is -0.455 e. The topological polar surface area (TPSA) is 25.8 Å². The lowest BCUT2D eigenvalue weighted by molar-refractivity contribution is -0.944. The van der Waals surface area contributed by atoms with Crippen molar-refractivity contribution in [2.24, 2.45) is 0 Å². The fourth-order valence-electron chi connectivity index (χ4n) is 12.9. The van der Waals surface area contributed by atoms with Crippen LogP contribution >= 0.6 is 0 Å². The number of aryl methyl sites for hydroxylation is 1. The molecule has 0 fully saturated rings. The molecular formula is C70H60FN3OSi+2. The SMILES string of the molecule is [2H]C(C)(C)c1cc2[n+](cc1[Si](C)(C)C)C1(c3ccc(-c4ccccc4)cc3-2)c2ccc3c(oc4cc(C)ccc43)c2-c2n(-c3c(-c4ccccc4)cc(C(C)(C)C)cc3-c3ccccc3)c3ccc4cc(F)ccc4c3[n+]21. The van der Waals surface area contributed by atoms with Crippen molar-refractivity contribution in [1.82, 2.24) is 4.57 Å². The monoisotopic (exact) mass is 1010 g/mol. The van der Waals surface area contributed by atoms with Crippen LogP contribution in [0.25, 0.3) is 105 Å². The summed E-state index contributed by atoms with van der Waals surface area (Å²) in [7, 11) is -2.20. The van der Waals surface area contributed by atoms with E-state index >= 15 is 4.39 Å². The van der Waals surface area contributed by atoms with Crippen molar-refractivity contribution in [1.29, 1.82) is 0 Å². The van der Waals surface area contributed by atoms with Crippen LogP contribution in [0.4, 0.5) is 4.39 Å². The second kappa shape index (κ2) is 16.4. The van der Waals surface area contributed by atoms with Gasteiger partial charge in [-0.05, 0) is 135 Å². The second-order valence-electron chi connectivity index (χ2n) is 23.6. The fraction of sp³-hybridized carbons (Fsp3) is 0.171. The molecule has 4 nitrogen and oxygen atoms in total. The number of pyridine rings is 1. The van der Waals surface area contributed by atoms with Gasteiger partial charge in [0.25, 0.3) is 0 Å². The maximum atomic E-state index is 15.8. The lowest BCUT2D eigenvalue weighted by atomic mass is 9.82. The number of furan rings is 1. The van der Waals surface area contributed by atoms with Gasteiger partial charge in [-0.3, -0.25) is 0 Å². The molecule has 9 aromatic carbocycles. The Labute approximate surface area is 446 Å². The Morgan fingerprint density at radius 2 is 1.26 bits per heavy atom. The molecule has 370 valence electrons. The third kappa shape index (κ3) is 6.59. The van der Waals surface area contributed by atoms with Gasteiger partial charge in [0.2, 0.25) is 5.69 Å². The standard InChI is InChI=1S/C70H60FN3OSi/c1-42(2)54-40-61-57-37-47(44-19-13-10-14-20-44)26-32-58(57)70(72(61)41-63(54)76(7,8)9)59-33-31-53-52-29-25-43(3)35-62(52)75-67(53)64(59)68-73(60-34-27-48-36-50(71)28-30-51(48)66(60)74(68)70)65-55(45-21-15-11-16-22-45)38-49(69(4,5)6)39-56(65)46-23-17-12-18-24-46/h10-42H,1-9H3/q+2/i42D. The average Bonchev–Trinajstić information content (AvgIpc) is 2.90. The minimum absolute atomic E-state index is 0.191. The number of hydrogen-bond acceptors (Lipinski definition) is 1. The van der Waals surface area contributed by atoms with Gasteiger partial charge >= 0.3 is 11.5 Å². The summed E-state index contributed by atoms with van der Waals surface area (Å²) in [5.41, 5.74) is 18.8. The smallest absolute Gasteiger partial charge is 0.364 e. The highest BCUT2D eigenvalue weighted by molar-refractivity contribution is 6.89. The lowest BCUT2D eigenvalue weighted by Crippen LogP contribution is -2.72. The number of hydrogen-bond donors (Lipinski definition) is 0. The molecule has 12 aromatic rings. The van der Waals surface area contributed by atoms with Crippen molar-refractivity contribution in [3.05, 3.63) is 228 Å². The average molecular weight is 1010 g/mol. The zero-order chi connectivity index (χ0) is 53.1. The molecule has 1 unspecified atom stereocenters. The zero-order valence-corrected chi connectivity index (χ0v) is 45.6. The molecular weight excluding hydrogens is 946 g/mol. The maximum absolute atomic E-state index is 15.8. The largest absolute Gasteiger partial charge is 0.455 e. The van der Waals surface area contributed by atoms with E-state index in [1.54, 1.807) is 12.1 Å². The summed E-state index contributed by atoms with van der Waals surface area (Å²) in [6.07, 6.45) is 2.43. The number of rotatable bonds is 6. The second-order valence-corrected chi connectivity index (χ2v) is 28.6. The molecule has 6 heteroatoms. The van der Waals surface area contributed by atoms with Crippen molar-refractivity contribution in [3.63, 3.8) is 0 Å². The van der Waals surface area contributed by atoms with E-state index in [-0.39, 0.29) is 11.2 Å². The molecule has 2 aliphatic rings. The Morgan fingerprint density at radius 3 is 1.91 bits per heavy atom. The first-order valence-corrected chi connectivity index (χ1v) is 30.2. The molecule has 1 spiro atoms. The van der Waals surface area contributed by atoms with Crippen LogP contribution in [0.3, 0.4) is 0 Å². The van der Waals surface area contributed by atoms with E-state index in [1.807, 2.05) is 19.9 Å². The van der Waals surface area contributed by atoms with Crippen LogP contribution in [0.15, 0.2) is 199 Å². The summed E-state index contributed by atoms with van der Waals surface area (Å²) >= 11 is 0. The third-order valence-corrected chi connectivity index (χ3v) is 18.5. The Kier molecular flexibility index (Phi) is 9.76. The van der Waals surface area contributed by atoms with Crippen LogP contribution in [0.1, 0.15) is 69.7 Å². The van der Waals surface area contributed by atoms with Crippen molar-refractivity contribution in [2.75, 3.05) is 0 Å². The van der Waals surface area contributed by atoms with Crippen LogP contribution in [-0.2, 0) is 11.1 Å². The number of imidazole rings is 1. The molecule has 14 rings (SSSR count). The van der Waals surface area contributed by atoms with E-state index in [1.165, 1.54) is 10.8 Å². The Balaban J connectivity index is 1.28. The molecule has 0 saturated heterocycles. The van der Waals surface area contributed by atoms with Crippen LogP contribution in [0, 0.1) is 12.7 Å². The molecule has 5 heterocycles.